The molecule has 0 atom stereocenters. The lowest BCUT2D eigenvalue weighted by atomic mass is 10.1. The molecule has 1 aromatic carbocycles. The lowest BCUT2D eigenvalue weighted by molar-refractivity contribution is 0.557. The molecule has 0 fully saturated rings. The first-order valence-corrected chi connectivity index (χ1v) is 6.22. The summed E-state index contributed by atoms with van der Waals surface area (Å²) in [6.07, 6.45) is 5.04. The van der Waals surface area contributed by atoms with Gasteiger partial charge in [-0.1, -0.05) is 32.1 Å². The topological polar surface area (TPSA) is 12.0 Å². The van der Waals surface area contributed by atoms with Crippen LogP contribution >= 0.6 is 0 Å². The fourth-order valence-electron chi connectivity index (χ4n) is 1.66. The van der Waals surface area contributed by atoms with Crippen LogP contribution in [0.1, 0.15) is 31.4 Å². The van der Waals surface area contributed by atoms with E-state index in [9.17, 15) is 4.39 Å². The number of halogens is 1. The minimum atomic E-state index is -0.164. The van der Waals surface area contributed by atoms with Crippen LogP contribution in [-0.4, -0.2) is 13.1 Å². The van der Waals surface area contributed by atoms with Gasteiger partial charge in [-0.15, -0.1) is 0 Å². The smallest absolute Gasteiger partial charge is 0.124 e. The second kappa shape index (κ2) is 7.23. The van der Waals surface area contributed by atoms with Crippen molar-refractivity contribution in [3.8, 4) is 0 Å². The molecular formula is C15H22FN. The molecule has 2 heteroatoms. The van der Waals surface area contributed by atoms with Crippen molar-refractivity contribution in [3.05, 3.63) is 41.2 Å². The number of aryl methyl sites for hydroxylation is 1. The molecule has 0 aliphatic carbocycles. The second-order valence-corrected chi connectivity index (χ2v) is 4.85. The Balaban J connectivity index is 2.33. The van der Waals surface area contributed by atoms with Crippen molar-refractivity contribution in [2.24, 2.45) is 5.92 Å². The zero-order chi connectivity index (χ0) is 12.7. The highest BCUT2D eigenvalue weighted by Gasteiger charge is 1.94. The van der Waals surface area contributed by atoms with Gasteiger partial charge in [-0.25, -0.2) is 4.39 Å². The maximum Gasteiger partial charge on any atom is 0.124 e. The fraction of sp³-hybridized carbons (Fsp3) is 0.467. The third-order valence-corrected chi connectivity index (χ3v) is 2.42. The summed E-state index contributed by atoms with van der Waals surface area (Å²) in [5.41, 5.74) is 1.90. The number of nitrogens with one attached hydrogen (secondary N) is 1. The Morgan fingerprint density at radius 1 is 1.29 bits per heavy atom. The molecule has 0 aliphatic rings. The molecule has 17 heavy (non-hydrogen) atoms. The molecule has 0 radical (unpaired) electrons. The molecule has 1 N–H and O–H groups in total. The highest BCUT2D eigenvalue weighted by Crippen LogP contribution is 2.10. The number of hydrogen-bond acceptors (Lipinski definition) is 1. The molecule has 0 heterocycles. The molecular weight excluding hydrogens is 213 g/mol. The van der Waals surface area contributed by atoms with Crippen molar-refractivity contribution in [2.75, 3.05) is 13.1 Å². The van der Waals surface area contributed by atoms with E-state index in [4.69, 9.17) is 0 Å². The summed E-state index contributed by atoms with van der Waals surface area (Å²) in [5.74, 6) is 0.521. The van der Waals surface area contributed by atoms with Gasteiger partial charge in [-0.05, 0) is 55.6 Å². The molecule has 94 valence electrons. The molecule has 0 aliphatic heterocycles. The summed E-state index contributed by atoms with van der Waals surface area (Å²) in [4.78, 5) is 0. The van der Waals surface area contributed by atoms with Crippen molar-refractivity contribution in [2.45, 2.75) is 27.2 Å². The van der Waals surface area contributed by atoms with Crippen LogP contribution in [0, 0.1) is 18.7 Å². The lowest BCUT2D eigenvalue weighted by Gasteiger charge is -2.04. The summed E-state index contributed by atoms with van der Waals surface area (Å²) < 4.78 is 13.1. The molecule has 0 saturated heterocycles. The first-order valence-electron chi connectivity index (χ1n) is 6.22. The Labute approximate surface area is 104 Å². The summed E-state index contributed by atoms with van der Waals surface area (Å²) in [5, 5.41) is 3.37. The SMILES string of the molecule is Cc1cc(F)cc(C=CCCNCC(C)C)c1. The molecule has 0 spiro atoms. The number of benzene rings is 1. The van der Waals surface area contributed by atoms with Gasteiger partial charge in [0.2, 0.25) is 0 Å². The molecule has 1 aromatic rings. The Kier molecular flexibility index (Phi) is 5.92. The summed E-state index contributed by atoms with van der Waals surface area (Å²) >= 11 is 0. The van der Waals surface area contributed by atoms with E-state index in [-0.39, 0.29) is 5.82 Å². The lowest BCUT2D eigenvalue weighted by Crippen LogP contribution is -2.20. The van der Waals surface area contributed by atoms with E-state index in [0.29, 0.717) is 5.92 Å². The van der Waals surface area contributed by atoms with Crippen LogP contribution in [0.4, 0.5) is 4.39 Å². The predicted molar refractivity (Wildman–Crippen MR) is 72.5 cm³/mol. The van der Waals surface area contributed by atoms with Crippen molar-refractivity contribution in [1.82, 2.24) is 5.32 Å². The zero-order valence-electron chi connectivity index (χ0n) is 11.0. The minimum absolute atomic E-state index is 0.164. The van der Waals surface area contributed by atoms with Crippen LogP contribution in [0.25, 0.3) is 6.08 Å². The second-order valence-electron chi connectivity index (χ2n) is 4.85. The van der Waals surface area contributed by atoms with Crippen LogP contribution in [0.2, 0.25) is 0 Å². The van der Waals surface area contributed by atoms with Gasteiger partial charge in [0.25, 0.3) is 0 Å². The maximum atomic E-state index is 13.1. The molecule has 1 rings (SSSR count). The predicted octanol–water partition coefficient (Wildman–Crippen LogP) is 3.78. The van der Waals surface area contributed by atoms with Gasteiger partial charge in [0, 0.05) is 0 Å². The van der Waals surface area contributed by atoms with E-state index >= 15 is 0 Å². The van der Waals surface area contributed by atoms with Crippen molar-refractivity contribution >= 4 is 6.08 Å². The van der Waals surface area contributed by atoms with E-state index in [1.807, 2.05) is 19.1 Å². The third kappa shape index (κ3) is 6.22. The summed E-state index contributed by atoms with van der Waals surface area (Å²) in [7, 11) is 0. The van der Waals surface area contributed by atoms with E-state index in [1.54, 1.807) is 12.1 Å². The van der Waals surface area contributed by atoms with Crippen LogP contribution in [0.5, 0.6) is 0 Å². The monoisotopic (exact) mass is 235 g/mol. The largest absolute Gasteiger partial charge is 0.316 e. The zero-order valence-corrected chi connectivity index (χ0v) is 11.0. The molecule has 1 nitrogen and oxygen atoms in total. The number of hydrogen-bond donors (Lipinski definition) is 1. The van der Waals surface area contributed by atoms with Crippen molar-refractivity contribution < 1.29 is 4.39 Å². The first-order chi connectivity index (χ1) is 8.08. The third-order valence-electron chi connectivity index (χ3n) is 2.42. The average Bonchev–Trinajstić information content (AvgIpc) is 2.21. The van der Waals surface area contributed by atoms with E-state index in [1.165, 1.54) is 0 Å². The highest BCUT2D eigenvalue weighted by atomic mass is 19.1. The minimum Gasteiger partial charge on any atom is -0.316 e. The first kappa shape index (κ1) is 13.9. The van der Waals surface area contributed by atoms with Gasteiger partial charge in [0.15, 0.2) is 0 Å². The molecule has 0 aromatic heterocycles. The van der Waals surface area contributed by atoms with Crippen molar-refractivity contribution in [1.29, 1.82) is 0 Å². The van der Waals surface area contributed by atoms with Crippen LogP contribution in [-0.2, 0) is 0 Å². The van der Waals surface area contributed by atoms with E-state index < -0.39 is 0 Å². The average molecular weight is 235 g/mol. The highest BCUT2D eigenvalue weighted by molar-refractivity contribution is 5.50. The Morgan fingerprint density at radius 2 is 2.06 bits per heavy atom. The van der Waals surface area contributed by atoms with E-state index in [2.05, 4.69) is 25.2 Å². The van der Waals surface area contributed by atoms with Crippen LogP contribution < -0.4 is 5.32 Å². The molecule has 0 unspecified atom stereocenters. The molecule has 0 amide bonds. The Bertz CT molecular complexity index is 349. The van der Waals surface area contributed by atoms with Gasteiger partial charge >= 0.3 is 0 Å². The van der Waals surface area contributed by atoms with Gasteiger partial charge in [-0.3, -0.25) is 0 Å². The summed E-state index contributed by atoms with van der Waals surface area (Å²) in [6.45, 7) is 8.32. The molecule has 0 bridgehead atoms. The Morgan fingerprint density at radius 3 is 2.71 bits per heavy atom. The normalized spacial score (nSPS) is 11.6. The van der Waals surface area contributed by atoms with Gasteiger partial charge in [-0.2, -0.15) is 0 Å². The number of rotatable bonds is 6. The van der Waals surface area contributed by atoms with Gasteiger partial charge in [0.1, 0.15) is 5.82 Å². The summed E-state index contributed by atoms with van der Waals surface area (Å²) in [6, 6.07) is 5.09. The molecule has 0 saturated carbocycles. The van der Waals surface area contributed by atoms with E-state index in [0.717, 1.165) is 30.6 Å². The quantitative estimate of drug-likeness (QED) is 0.740. The fourth-order valence-corrected chi connectivity index (χ4v) is 1.66. The Hall–Kier alpha value is -1.15. The van der Waals surface area contributed by atoms with Gasteiger partial charge in [0.05, 0.1) is 0 Å². The maximum absolute atomic E-state index is 13.1. The van der Waals surface area contributed by atoms with Crippen LogP contribution in [0.15, 0.2) is 24.3 Å². The standard InChI is InChI=1S/C15H22FN/c1-12(2)11-17-7-5-4-6-14-8-13(3)9-15(16)10-14/h4,6,8-10,12,17H,5,7,11H2,1-3H3. The van der Waals surface area contributed by atoms with Crippen molar-refractivity contribution in [3.63, 3.8) is 0 Å². The van der Waals surface area contributed by atoms with Gasteiger partial charge < -0.3 is 5.32 Å². The van der Waals surface area contributed by atoms with Crippen LogP contribution in [0.3, 0.4) is 0 Å².